The molecular formula is C11H13N5S. The van der Waals surface area contributed by atoms with Gasteiger partial charge in [0.1, 0.15) is 10.1 Å². The predicted molar refractivity (Wildman–Crippen MR) is 67.1 cm³/mol. The van der Waals surface area contributed by atoms with Crippen LogP contribution in [0.1, 0.15) is 12.5 Å². The Bertz CT molecular complexity index is 488. The molecule has 17 heavy (non-hydrogen) atoms. The molecule has 0 atom stereocenters. The summed E-state index contributed by atoms with van der Waals surface area (Å²) in [6, 6.07) is 0. The lowest BCUT2D eigenvalue weighted by atomic mass is 10.4. The Morgan fingerprint density at radius 1 is 1.24 bits per heavy atom. The second-order valence-electron chi connectivity index (χ2n) is 3.36. The number of rotatable bonds is 4. The summed E-state index contributed by atoms with van der Waals surface area (Å²) in [7, 11) is 0. The highest BCUT2D eigenvalue weighted by molar-refractivity contribution is 7.99. The van der Waals surface area contributed by atoms with Gasteiger partial charge in [-0.3, -0.25) is 4.98 Å². The zero-order valence-corrected chi connectivity index (χ0v) is 10.5. The molecule has 0 saturated heterocycles. The van der Waals surface area contributed by atoms with Crippen molar-refractivity contribution in [2.75, 3.05) is 11.9 Å². The van der Waals surface area contributed by atoms with Gasteiger partial charge in [0.05, 0.1) is 6.20 Å². The Kier molecular flexibility index (Phi) is 3.87. The number of nitrogens with one attached hydrogen (secondary N) is 1. The molecule has 5 nitrogen and oxygen atoms in total. The first-order valence-electron chi connectivity index (χ1n) is 5.31. The van der Waals surface area contributed by atoms with Crippen molar-refractivity contribution in [3.8, 4) is 0 Å². The van der Waals surface area contributed by atoms with Crippen molar-refractivity contribution in [2.45, 2.75) is 23.9 Å². The van der Waals surface area contributed by atoms with Gasteiger partial charge in [-0.05, 0) is 25.6 Å². The van der Waals surface area contributed by atoms with Crippen molar-refractivity contribution < 1.29 is 0 Å². The summed E-state index contributed by atoms with van der Waals surface area (Å²) >= 11 is 1.49. The number of aromatic nitrogens is 4. The summed E-state index contributed by atoms with van der Waals surface area (Å²) in [5.74, 6) is 0.643. The van der Waals surface area contributed by atoms with Crippen LogP contribution in [0, 0.1) is 6.92 Å². The molecule has 2 aromatic rings. The third-order valence-corrected chi connectivity index (χ3v) is 3.03. The van der Waals surface area contributed by atoms with E-state index in [1.165, 1.54) is 11.8 Å². The third-order valence-electron chi connectivity index (χ3n) is 2.00. The van der Waals surface area contributed by atoms with Gasteiger partial charge in [-0.1, -0.05) is 0 Å². The summed E-state index contributed by atoms with van der Waals surface area (Å²) in [6.45, 7) is 4.80. The third kappa shape index (κ3) is 3.13. The summed E-state index contributed by atoms with van der Waals surface area (Å²) in [5.41, 5.74) is 1.03. The Balaban J connectivity index is 2.22. The largest absolute Gasteiger partial charge is 0.354 e. The van der Waals surface area contributed by atoms with E-state index in [0.29, 0.717) is 5.95 Å². The molecule has 6 heteroatoms. The van der Waals surface area contributed by atoms with Crippen LogP contribution in [-0.2, 0) is 0 Å². The van der Waals surface area contributed by atoms with E-state index in [0.717, 1.165) is 22.2 Å². The SMILES string of the molecule is CCNc1ncc(C)c(Sc2cnccn2)n1. The fourth-order valence-electron chi connectivity index (χ4n) is 1.21. The van der Waals surface area contributed by atoms with Crippen LogP contribution in [0.4, 0.5) is 5.95 Å². The summed E-state index contributed by atoms with van der Waals surface area (Å²) in [5, 5.41) is 4.82. The van der Waals surface area contributed by atoms with E-state index in [4.69, 9.17) is 0 Å². The molecule has 2 aromatic heterocycles. The Morgan fingerprint density at radius 2 is 2.12 bits per heavy atom. The van der Waals surface area contributed by atoms with Gasteiger partial charge in [0.15, 0.2) is 0 Å². The van der Waals surface area contributed by atoms with Gasteiger partial charge >= 0.3 is 0 Å². The first kappa shape index (κ1) is 11.8. The fourth-order valence-corrected chi connectivity index (χ4v) is 1.98. The second kappa shape index (κ2) is 5.58. The maximum absolute atomic E-state index is 4.43. The average molecular weight is 247 g/mol. The minimum atomic E-state index is 0.643. The van der Waals surface area contributed by atoms with Crippen molar-refractivity contribution in [3.05, 3.63) is 30.4 Å². The van der Waals surface area contributed by atoms with Crippen molar-refractivity contribution >= 4 is 17.7 Å². The van der Waals surface area contributed by atoms with Crippen molar-refractivity contribution in [3.63, 3.8) is 0 Å². The molecule has 0 amide bonds. The lowest BCUT2D eigenvalue weighted by Gasteiger charge is -2.06. The van der Waals surface area contributed by atoms with E-state index in [2.05, 4.69) is 25.3 Å². The van der Waals surface area contributed by atoms with Gasteiger partial charge in [0.25, 0.3) is 0 Å². The maximum atomic E-state index is 4.43. The number of nitrogens with zero attached hydrogens (tertiary/aromatic N) is 4. The van der Waals surface area contributed by atoms with Crippen LogP contribution in [-0.4, -0.2) is 26.5 Å². The number of anilines is 1. The zero-order chi connectivity index (χ0) is 12.1. The predicted octanol–water partition coefficient (Wildman–Crippen LogP) is 2.16. The molecule has 0 spiro atoms. The van der Waals surface area contributed by atoms with Gasteiger partial charge in [-0.15, -0.1) is 0 Å². The second-order valence-corrected chi connectivity index (χ2v) is 4.37. The van der Waals surface area contributed by atoms with Crippen molar-refractivity contribution in [2.24, 2.45) is 0 Å². The Morgan fingerprint density at radius 3 is 2.82 bits per heavy atom. The van der Waals surface area contributed by atoms with Crippen LogP contribution in [0.2, 0.25) is 0 Å². The smallest absolute Gasteiger partial charge is 0.223 e. The van der Waals surface area contributed by atoms with Gasteiger partial charge < -0.3 is 5.32 Å². The molecule has 88 valence electrons. The maximum Gasteiger partial charge on any atom is 0.223 e. The van der Waals surface area contributed by atoms with E-state index in [1.54, 1.807) is 18.6 Å². The molecule has 0 aromatic carbocycles. The monoisotopic (exact) mass is 247 g/mol. The lowest BCUT2D eigenvalue weighted by molar-refractivity contribution is 0.974. The average Bonchev–Trinajstić information content (AvgIpc) is 2.35. The van der Waals surface area contributed by atoms with Crippen LogP contribution < -0.4 is 5.32 Å². The number of hydrogen-bond donors (Lipinski definition) is 1. The lowest BCUT2D eigenvalue weighted by Crippen LogP contribution is -2.03. The topological polar surface area (TPSA) is 63.6 Å². The Hall–Kier alpha value is -1.69. The van der Waals surface area contributed by atoms with E-state index >= 15 is 0 Å². The van der Waals surface area contributed by atoms with Crippen LogP contribution in [0.25, 0.3) is 0 Å². The molecule has 2 rings (SSSR count). The van der Waals surface area contributed by atoms with E-state index in [9.17, 15) is 0 Å². The number of hydrogen-bond acceptors (Lipinski definition) is 6. The van der Waals surface area contributed by atoms with Crippen molar-refractivity contribution in [1.82, 2.24) is 19.9 Å². The first-order valence-corrected chi connectivity index (χ1v) is 6.12. The van der Waals surface area contributed by atoms with Gasteiger partial charge in [0, 0.05) is 30.7 Å². The normalized spacial score (nSPS) is 10.2. The molecule has 0 aliphatic rings. The standard InChI is InChI=1S/C11H13N5S/c1-3-13-11-15-6-8(2)10(16-11)17-9-7-12-4-5-14-9/h4-7H,3H2,1-2H3,(H,13,15,16). The van der Waals surface area contributed by atoms with E-state index in [1.807, 2.05) is 20.0 Å². The summed E-state index contributed by atoms with van der Waals surface area (Å²) in [4.78, 5) is 16.9. The molecule has 0 fully saturated rings. The molecule has 2 heterocycles. The molecule has 1 N–H and O–H groups in total. The molecule has 0 saturated carbocycles. The van der Waals surface area contributed by atoms with Crippen LogP contribution in [0.15, 0.2) is 34.8 Å². The highest BCUT2D eigenvalue weighted by Gasteiger charge is 2.06. The molecule has 0 aliphatic carbocycles. The Labute approximate surface area is 104 Å². The van der Waals surface area contributed by atoms with Gasteiger partial charge in [-0.2, -0.15) is 0 Å². The van der Waals surface area contributed by atoms with Crippen LogP contribution in [0.3, 0.4) is 0 Å². The van der Waals surface area contributed by atoms with Crippen molar-refractivity contribution in [1.29, 1.82) is 0 Å². The minimum absolute atomic E-state index is 0.643. The van der Waals surface area contributed by atoms with Gasteiger partial charge in [0.2, 0.25) is 5.95 Å². The van der Waals surface area contributed by atoms with Crippen LogP contribution in [0.5, 0.6) is 0 Å². The molecule has 0 bridgehead atoms. The molecule has 0 unspecified atom stereocenters. The first-order chi connectivity index (χ1) is 8.29. The quantitative estimate of drug-likeness (QED) is 0.835. The molecule has 0 aliphatic heterocycles. The van der Waals surface area contributed by atoms with Crippen LogP contribution >= 0.6 is 11.8 Å². The van der Waals surface area contributed by atoms with E-state index < -0.39 is 0 Å². The summed E-state index contributed by atoms with van der Waals surface area (Å²) in [6.07, 6.45) is 6.86. The highest BCUT2D eigenvalue weighted by Crippen LogP contribution is 2.26. The molecular weight excluding hydrogens is 234 g/mol. The summed E-state index contributed by atoms with van der Waals surface area (Å²) < 4.78 is 0. The highest BCUT2D eigenvalue weighted by atomic mass is 32.2. The number of aryl methyl sites for hydroxylation is 1. The van der Waals surface area contributed by atoms with Gasteiger partial charge in [-0.25, -0.2) is 15.0 Å². The fraction of sp³-hybridized carbons (Fsp3) is 0.273. The van der Waals surface area contributed by atoms with E-state index in [-0.39, 0.29) is 0 Å². The molecule has 0 radical (unpaired) electrons. The zero-order valence-electron chi connectivity index (χ0n) is 9.71. The minimum Gasteiger partial charge on any atom is -0.354 e.